The number of hydrogen-bond acceptors (Lipinski definition) is 2. The summed E-state index contributed by atoms with van der Waals surface area (Å²) in [4.78, 5) is 13.2. The van der Waals surface area contributed by atoms with Gasteiger partial charge < -0.3 is 10.2 Å². The Hall–Kier alpha value is -1.61. The summed E-state index contributed by atoms with van der Waals surface area (Å²) < 4.78 is 0. The minimum absolute atomic E-state index is 0.0840. The molecule has 100 valence electrons. The van der Waals surface area contributed by atoms with Gasteiger partial charge in [0.25, 0.3) is 5.91 Å². The highest BCUT2D eigenvalue weighted by Gasteiger charge is 2.22. The Morgan fingerprint density at radius 1 is 1.17 bits per heavy atom. The molecule has 1 N–H and O–H groups in total. The van der Waals surface area contributed by atoms with Crippen LogP contribution in [0.1, 0.15) is 25.0 Å². The summed E-state index contributed by atoms with van der Waals surface area (Å²) in [6.45, 7) is 9.70. The molecule has 0 unspecified atom stereocenters. The molecule has 1 heterocycles. The number of nitrogens with one attached hydrogen (secondary N) is 1. The second-order valence-corrected chi connectivity index (χ2v) is 4.27. The Kier molecular flexibility index (Phi) is 6.98. The molecule has 1 amide bonds. The van der Waals surface area contributed by atoms with E-state index in [9.17, 15) is 4.79 Å². The first-order chi connectivity index (χ1) is 8.43. The summed E-state index contributed by atoms with van der Waals surface area (Å²) in [5.74, 6) is -0.0840. The molecule has 0 bridgehead atoms. The van der Waals surface area contributed by atoms with Crippen LogP contribution in [0.4, 0.5) is 5.69 Å². The molecule has 18 heavy (non-hydrogen) atoms. The van der Waals surface area contributed by atoms with Crippen LogP contribution in [-0.2, 0) is 4.79 Å². The summed E-state index contributed by atoms with van der Waals surface area (Å²) in [5, 5.41) is 2.75. The molecule has 0 aliphatic carbocycles. The van der Waals surface area contributed by atoms with Crippen LogP contribution >= 0.6 is 0 Å². The fourth-order valence-corrected chi connectivity index (χ4v) is 1.48. The van der Waals surface area contributed by atoms with E-state index in [1.165, 1.54) is 0 Å². The lowest BCUT2D eigenvalue weighted by molar-refractivity contribution is -0.110. The number of fused-ring (bicyclic) bond motifs is 1. The maximum absolute atomic E-state index is 11.2. The topological polar surface area (TPSA) is 32.3 Å². The van der Waals surface area contributed by atoms with Crippen LogP contribution in [0.3, 0.4) is 0 Å². The molecule has 0 saturated carbocycles. The van der Waals surface area contributed by atoms with Gasteiger partial charge in [-0.1, -0.05) is 32.6 Å². The zero-order chi connectivity index (χ0) is 14.3. The quantitative estimate of drug-likeness (QED) is 0.715. The largest absolute Gasteiger partial charge is 0.321 e. The number of carbonyl (C=O) groups excluding carboxylic acids is 1. The molecule has 3 heteroatoms. The lowest BCUT2D eigenvalue weighted by Gasteiger charge is -2.00. The third-order valence-electron chi connectivity index (χ3n) is 2.10. The van der Waals surface area contributed by atoms with Crippen LogP contribution < -0.4 is 5.32 Å². The molecule has 1 aliphatic rings. The van der Waals surface area contributed by atoms with Crippen LogP contribution in [0.2, 0.25) is 0 Å². The van der Waals surface area contributed by atoms with E-state index in [4.69, 9.17) is 0 Å². The molecule has 0 atom stereocenters. The van der Waals surface area contributed by atoms with Gasteiger partial charge in [0.2, 0.25) is 0 Å². The van der Waals surface area contributed by atoms with Gasteiger partial charge in [0.05, 0.1) is 0 Å². The Morgan fingerprint density at radius 2 is 1.67 bits per heavy atom. The van der Waals surface area contributed by atoms with E-state index in [0.29, 0.717) is 5.57 Å². The van der Waals surface area contributed by atoms with Gasteiger partial charge >= 0.3 is 0 Å². The SMILES string of the molecule is C=C1C(=O)Nc2cccc(C)c21.CC.CN(C)C. The third kappa shape index (κ3) is 4.34. The maximum atomic E-state index is 11.2. The van der Waals surface area contributed by atoms with Gasteiger partial charge in [-0.05, 0) is 39.7 Å². The molecule has 1 aromatic rings. The van der Waals surface area contributed by atoms with E-state index in [1.807, 2.05) is 65.0 Å². The van der Waals surface area contributed by atoms with Gasteiger partial charge in [-0.15, -0.1) is 0 Å². The van der Waals surface area contributed by atoms with Gasteiger partial charge in [0.15, 0.2) is 0 Å². The first-order valence-electron chi connectivity index (χ1n) is 6.14. The summed E-state index contributed by atoms with van der Waals surface area (Å²) in [7, 11) is 6.00. The number of anilines is 1. The number of amides is 1. The fraction of sp³-hybridized carbons (Fsp3) is 0.400. The summed E-state index contributed by atoms with van der Waals surface area (Å²) in [6, 6.07) is 5.79. The van der Waals surface area contributed by atoms with Crippen LogP contribution in [0, 0.1) is 6.92 Å². The van der Waals surface area contributed by atoms with Gasteiger partial charge in [-0.3, -0.25) is 4.79 Å². The molecule has 3 nitrogen and oxygen atoms in total. The first kappa shape index (κ1) is 16.4. The fourth-order valence-electron chi connectivity index (χ4n) is 1.48. The molecule has 0 radical (unpaired) electrons. The average Bonchev–Trinajstić information content (AvgIpc) is 2.58. The minimum atomic E-state index is -0.0840. The molecule has 1 aliphatic heterocycles. The number of rotatable bonds is 0. The summed E-state index contributed by atoms with van der Waals surface area (Å²) >= 11 is 0. The zero-order valence-corrected chi connectivity index (χ0v) is 12.3. The molecule has 0 aromatic heterocycles. The normalized spacial score (nSPS) is 11.9. The summed E-state index contributed by atoms with van der Waals surface area (Å²) in [6.07, 6.45) is 0. The lowest BCUT2D eigenvalue weighted by atomic mass is 10.0. The second kappa shape index (κ2) is 7.67. The Labute approximate surface area is 111 Å². The van der Waals surface area contributed by atoms with Gasteiger partial charge in [-0.2, -0.15) is 0 Å². The molecule has 2 rings (SSSR count). The molecule has 1 aromatic carbocycles. The molecule has 0 fully saturated rings. The van der Waals surface area contributed by atoms with Crippen molar-refractivity contribution in [2.45, 2.75) is 20.8 Å². The highest BCUT2D eigenvalue weighted by Crippen LogP contribution is 2.32. The van der Waals surface area contributed by atoms with Crippen molar-refractivity contribution in [3.63, 3.8) is 0 Å². The van der Waals surface area contributed by atoms with Crippen molar-refractivity contribution < 1.29 is 4.79 Å². The van der Waals surface area contributed by atoms with E-state index in [-0.39, 0.29) is 5.91 Å². The molecular formula is C15H24N2O. The molecule has 0 spiro atoms. The second-order valence-electron chi connectivity index (χ2n) is 4.27. The van der Waals surface area contributed by atoms with E-state index < -0.39 is 0 Å². The smallest absolute Gasteiger partial charge is 0.255 e. The van der Waals surface area contributed by atoms with Crippen molar-refractivity contribution in [2.75, 3.05) is 26.5 Å². The Morgan fingerprint density at radius 3 is 2.11 bits per heavy atom. The lowest BCUT2D eigenvalue weighted by Crippen LogP contribution is -2.02. The van der Waals surface area contributed by atoms with Gasteiger partial charge in [0, 0.05) is 16.8 Å². The van der Waals surface area contributed by atoms with Crippen molar-refractivity contribution >= 4 is 17.2 Å². The van der Waals surface area contributed by atoms with E-state index in [2.05, 4.69) is 11.9 Å². The standard InChI is InChI=1S/C10H9NO.C3H9N.C2H6/c1-6-4-3-5-8-9(6)7(2)10(12)11-8;1-4(2)3;1-2/h3-5H,2H2,1H3,(H,11,12);1-3H3;1-2H3. The van der Waals surface area contributed by atoms with E-state index in [1.54, 1.807) is 0 Å². The first-order valence-corrected chi connectivity index (χ1v) is 6.14. The highest BCUT2D eigenvalue weighted by molar-refractivity contribution is 6.31. The van der Waals surface area contributed by atoms with Crippen LogP contribution in [-0.4, -0.2) is 32.0 Å². The maximum Gasteiger partial charge on any atom is 0.255 e. The van der Waals surface area contributed by atoms with Crippen molar-refractivity contribution in [3.05, 3.63) is 35.9 Å². The number of benzene rings is 1. The third-order valence-corrected chi connectivity index (χ3v) is 2.10. The van der Waals surface area contributed by atoms with Gasteiger partial charge in [0.1, 0.15) is 0 Å². The summed E-state index contributed by atoms with van der Waals surface area (Å²) in [5.41, 5.74) is 3.51. The number of hydrogen-bond donors (Lipinski definition) is 1. The average molecular weight is 248 g/mol. The molecule has 0 saturated heterocycles. The highest BCUT2D eigenvalue weighted by atomic mass is 16.1. The van der Waals surface area contributed by atoms with Crippen molar-refractivity contribution in [1.29, 1.82) is 0 Å². The Bertz CT molecular complexity index is 420. The van der Waals surface area contributed by atoms with Crippen LogP contribution in [0.25, 0.3) is 5.57 Å². The van der Waals surface area contributed by atoms with E-state index >= 15 is 0 Å². The van der Waals surface area contributed by atoms with E-state index in [0.717, 1.165) is 16.8 Å². The van der Waals surface area contributed by atoms with Gasteiger partial charge in [-0.25, -0.2) is 0 Å². The zero-order valence-electron chi connectivity index (χ0n) is 12.3. The van der Waals surface area contributed by atoms with Crippen LogP contribution in [0.5, 0.6) is 0 Å². The van der Waals surface area contributed by atoms with Crippen LogP contribution in [0.15, 0.2) is 24.8 Å². The Balaban J connectivity index is 0.000000415. The predicted molar refractivity (Wildman–Crippen MR) is 79.8 cm³/mol. The monoisotopic (exact) mass is 248 g/mol. The minimum Gasteiger partial charge on any atom is -0.321 e. The number of aryl methyl sites for hydroxylation is 1. The molecular weight excluding hydrogens is 224 g/mol. The van der Waals surface area contributed by atoms with Crippen molar-refractivity contribution in [3.8, 4) is 0 Å². The number of carbonyl (C=O) groups is 1. The van der Waals surface area contributed by atoms with Crippen molar-refractivity contribution in [2.24, 2.45) is 0 Å². The number of nitrogens with zero attached hydrogens (tertiary/aromatic N) is 1. The van der Waals surface area contributed by atoms with Crippen molar-refractivity contribution in [1.82, 2.24) is 4.90 Å². The predicted octanol–water partition coefficient (Wildman–Crippen LogP) is 3.16.